The highest BCUT2D eigenvalue weighted by molar-refractivity contribution is 6.16. The molecule has 10 heavy (non-hydrogen) atoms. The minimum atomic E-state index is 0.636. The summed E-state index contributed by atoms with van der Waals surface area (Å²) >= 11 is 5.65. The second-order valence-electron chi connectivity index (χ2n) is 1.79. The monoisotopic (exact) mass is 154 g/mol. The maximum Gasteiger partial charge on any atom is 0.178 e. The average Bonchev–Trinajstić information content (AvgIpc) is 2.36. The first-order valence-electron chi connectivity index (χ1n) is 2.67. The van der Waals surface area contributed by atoms with Crippen molar-refractivity contribution in [2.45, 2.75) is 0 Å². The average molecular weight is 155 g/mol. The van der Waals surface area contributed by atoms with Crippen molar-refractivity contribution in [2.24, 2.45) is 0 Å². The Labute approximate surface area is 62.0 Å². The van der Waals surface area contributed by atoms with Gasteiger partial charge in [0.05, 0.1) is 6.20 Å². The van der Waals surface area contributed by atoms with Crippen LogP contribution < -0.4 is 0 Å². The Balaban J connectivity index is 2.80. The number of imidazole rings is 1. The molecule has 0 N–H and O–H groups in total. The number of nitrogens with zero attached hydrogens (tertiary/aromatic N) is 4. The van der Waals surface area contributed by atoms with Crippen molar-refractivity contribution < 1.29 is 0 Å². The molecule has 0 aromatic carbocycles. The molecule has 0 aromatic heterocycles. The summed E-state index contributed by atoms with van der Waals surface area (Å²) in [5.41, 5.74) is 0.706. The van der Waals surface area contributed by atoms with E-state index in [-0.39, 0.29) is 0 Å². The number of halogens is 1. The molecular weight excluding hydrogens is 152 g/mol. The Morgan fingerprint density at radius 1 is 1.40 bits per heavy atom. The van der Waals surface area contributed by atoms with Crippen molar-refractivity contribution in [1.29, 1.82) is 0 Å². The highest BCUT2D eigenvalue weighted by Crippen LogP contribution is 2.14. The van der Waals surface area contributed by atoms with Gasteiger partial charge >= 0.3 is 0 Å². The van der Waals surface area contributed by atoms with Crippen LogP contribution in [0.25, 0.3) is 11.5 Å². The molecule has 2 heterocycles. The summed E-state index contributed by atoms with van der Waals surface area (Å²) in [6.45, 7) is 0. The number of aromatic nitrogens is 4. The fraction of sp³-hybridized carbons (Fsp3) is 0. The number of fused-ring (bicyclic) bond motifs is 1. The maximum atomic E-state index is 5.65. The maximum absolute atomic E-state index is 5.65. The quantitative estimate of drug-likeness (QED) is 0.563. The summed E-state index contributed by atoms with van der Waals surface area (Å²) in [5, 5.41) is 0. The molecule has 0 saturated carbocycles. The van der Waals surface area contributed by atoms with Gasteiger partial charge in [0.25, 0.3) is 0 Å². The summed E-state index contributed by atoms with van der Waals surface area (Å²) in [4.78, 5) is 11.6. The third-order valence-corrected chi connectivity index (χ3v) is 1.42. The lowest BCUT2D eigenvalue weighted by molar-refractivity contribution is 1.06. The van der Waals surface area contributed by atoms with Gasteiger partial charge in [-0.1, -0.05) is 0 Å². The lowest BCUT2D eigenvalue weighted by Gasteiger charge is -1.96. The Bertz CT molecular complexity index is 318. The van der Waals surface area contributed by atoms with Crippen LogP contribution in [0.3, 0.4) is 0 Å². The topological polar surface area (TPSA) is 43.6 Å². The largest absolute Gasteiger partial charge is 0.243 e. The molecule has 0 aliphatic carbocycles. The van der Waals surface area contributed by atoms with E-state index in [1.807, 2.05) is 0 Å². The Morgan fingerprint density at radius 3 is 3.10 bits per heavy atom. The van der Waals surface area contributed by atoms with Crippen molar-refractivity contribution >= 4 is 11.8 Å². The molecule has 0 saturated heterocycles. The summed E-state index contributed by atoms with van der Waals surface area (Å²) in [6.07, 6.45) is 4.53. The van der Waals surface area contributed by atoms with Crippen molar-refractivity contribution in [3.05, 3.63) is 18.9 Å². The molecule has 0 atom stereocenters. The van der Waals surface area contributed by atoms with Gasteiger partial charge < -0.3 is 0 Å². The van der Waals surface area contributed by atoms with Gasteiger partial charge in [-0.05, 0) is 0 Å². The first-order valence-corrected chi connectivity index (χ1v) is 3.01. The third kappa shape index (κ3) is 0.657. The van der Waals surface area contributed by atoms with Crippen molar-refractivity contribution in [3.63, 3.8) is 0 Å². The van der Waals surface area contributed by atoms with Crippen LogP contribution in [0.2, 0.25) is 0 Å². The zero-order valence-electron chi connectivity index (χ0n) is 4.90. The molecule has 2 aliphatic rings. The smallest absolute Gasteiger partial charge is 0.178 e. The van der Waals surface area contributed by atoms with Crippen LogP contribution in [-0.2, 0) is 0 Å². The molecule has 50 valence electrons. The second kappa shape index (κ2) is 1.91. The zero-order chi connectivity index (χ0) is 6.97. The Morgan fingerprint density at radius 2 is 2.30 bits per heavy atom. The SMILES string of the molecule is Cln1cncc2ncnc1-2. The van der Waals surface area contributed by atoms with Gasteiger partial charge in [-0.25, -0.2) is 19.0 Å². The van der Waals surface area contributed by atoms with Crippen LogP contribution in [0.5, 0.6) is 0 Å². The fourth-order valence-corrected chi connectivity index (χ4v) is 0.923. The van der Waals surface area contributed by atoms with Crippen LogP contribution in [0.15, 0.2) is 18.9 Å². The molecule has 0 unspecified atom stereocenters. The predicted molar refractivity (Wildman–Crippen MR) is 35.7 cm³/mol. The standard InChI is InChI=1S/C5H3ClN4/c6-10-3-7-1-4-5(10)9-2-8-4/h1-3H. The molecule has 0 bridgehead atoms. The lowest BCUT2D eigenvalue weighted by Crippen LogP contribution is -1.92. The summed E-state index contributed by atoms with van der Waals surface area (Å²) in [6, 6.07) is 0. The first-order chi connectivity index (χ1) is 4.88. The van der Waals surface area contributed by atoms with Crippen molar-refractivity contribution in [1.82, 2.24) is 19.0 Å². The van der Waals surface area contributed by atoms with Crippen LogP contribution in [0.1, 0.15) is 0 Å². The van der Waals surface area contributed by atoms with E-state index in [9.17, 15) is 0 Å². The molecule has 0 amide bonds. The van der Waals surface area contributed by atoms with E-state index in [1.54, 1.807) is 6.20 Å². The molecule has 2 aliphatic heterocycles. The van der Waals surface area contributed by atoms with Gasteiger partial charge in [0.2, 0.25) is 0 Å². The van der Waals surface area contributed by atoms with Crippen LogP contribution >= 0.6 is 11.8 Å². The zero-order valence-corrected chi connectivity index (χ0v) is 5.65. The van der Waals surface area contributed by atoms with Gasteiger partial charge in [0, 0.05) is 11.8 Å². The van der Waals surface area contributed by atoms with Crippen LogP contribution in [-0.4, -0.2) is 19.0 Å². The molecule has 2 rings (SSSR count). The molecule has 0 fully saturated rings. The molecule has 0 radical (unpaired) electrons. The first kappa shape index (κ1) is 5.61. The highest BCUT2D eigenvalue weighted by atomic mass is 35.5. The number of hydrogen-bond acceptors (Lipinski definition) is 3. The van der Waals surface area contributed by atoms with E-state index in [4.69, 9.17) is 11.8 Å². The minimum Gasteiger partial charge on any atom is -0.243 e. The van der Waals surface area contributed by atoms with E-state index in [1.165, 1.54) is 16.7 Å². The molecule has 0 aromatic rings. The van der Waals surface area contributed by atoms with E-state index in [0.29, 0.717) is 11.5 Å². The summed E-state index contributed by atoms with van der Waals surface area (Å²) in [7, 11) is 0. The van der Waals surface area contributed by atoms with E-state index in [2.05, 4.69) is 15.0 Å². The normalized spacial score (nSPS) is 10.5. The summed E-state index contributed by atoms with van der Waals surface area (Å²) in [5.74, 6) is 0.636. The Hall–Kier alpha value is -1.16. The number of rotatable bonds is 0. The number of hydrogen-bond donors (Lipinski definition) is 0. The van der Waals surface area contributed by atoms with Gasteiger partial charge in [-0.2, -0.15) is 0 Å². The fourth-order valence-electron chi connectivity index (χ4n) is 0.742. The van der Waals surface area contributed by atoms with E-state index >= 15 is 0 Å². The third-order valence-electron chi connectivity index (χ3n) is 1.17. The van der Waals surface area contributed by atoms with Gasteiger partial charge in [0.15, 0.2) is 5.82 Å². The molecule has 4 nitrogen and oxygen atoms in total. The van der Waals surface area contributed by atoms with E-state index in [0.717, 1.165) is 0 Å². The van der Waals surface area contributed by atoms with Gasteiger partial charge in [-0.3, -0.25) is 0 Å². The molecule has 5 heteroatoms. The van der Waals surface area contributed by atoms with Gasteiger partial charge in [-0.15, -0.1) is 0 Å². The second-order valence-corrected chi connectivity index (χ2v) is 2.15. The van der Waals surface area contributed by atoms with Crippen molar-refractivity contribution in [3.8, 4) is 11.5 Å². The lowest BCUT2D eigenvalue weighted by atomic mass is 10.4. The van der Waals surface area contributed by atoms with Crippen molar-refractivity contribution in [2.75, 3.05) is 0 Å². The predicted octanol–water partition coefficient (Wildman–Crippen LogP) is 0.780. The summed E-state index contributed by atoms with van der Waals surface area (Å²) < 4.78 is 1.31. The molecular formula is C5H3ClN4. The van der Waals surface area contributed by atoms with E-state index < -0.39 is 0 Å². The van der Waals surface area contributed by atoms with Crippen LogP contribution in [0.4, 0.5) is 0 Å². The molecule has 0 spiro atoms. The highest BCUT2D eigenvalue weighted by Gasteiger charge is 2.06. The van der Waals surface area contributed by atoms with Gasteiger partial charge in [0.1, 0.15) is 18.3 Å². The minimum absolute atomic E-state index is 0.636. The Kier molecular flexibility index (Phi) is 1.07. The van der Waals surface area contributed by atoms with Crippen LogP contribution in [0, 0.1) is 0 Å².